The molecule has 10 aliphatic heterocycles. The van der Waals surface area contributed by atoms with Crippen molar-refractivity contribution in [1.82, 2.24) is 21.3 Å². The Morgan fingerprint density at radius 3 is 0.926 bits per heavy atom. The number of aliphatic hydroxyl groups excluding tert-OH is 30. The van der Waals surface area contributed by atoms with Crippen molar-refractivity contribution < 1.29 is 282 Å². The van der Waals surface area contributed by atoms with Gasteiger partial charge >= 0.3 is 11.9 Å². The van der Waals surface area contributed by atoms with Gasteiger partial charge < -0.3 is 275 Å². The Kier molecular flexibility index (Phi) is 39.6. The van der Waals surface area contributed by atoms with E-state index in [2.05, 4.69) is 21.3 Å². The van der Waals surface area contributed by atoms with Gasteiger partial charge in [-0.1, -0.05) is 0 Å². The second-order valence-corrected chi connectivity index (χ2v) is 33.9. The molecule has 10 aliphatic rings. The number of hydrogen-bond acceptors (Lipinski definition) is 55. The molecule has 135 heavy (non-hydrogen) atoms. The SMILES string of the molecule is CC(=O)NC1C(OC2C(O)C(O)OC(CO)C2O)OC(COC2OC(CO)C(OC3OC(CO)C(O)C(OC4OC(COC5OC(CO)C(O)C(O)C5O)C(OC5OC(CO)C(O)C(OC6(C(=O)O)CC(O)C(NC(C)=O)C(C(O)C(O)CO)O6)C5O)C(O)C4NC(C)=O)C3O)C(O)C2O)C(OC2OC(CO)C(O)C(OC3(C(=O)O)CC(O)C(NC(C)=O)C(C(O)C(O)CO)O3)C2O)C1O. The van der Waals surface area contributed by atoms with Crippen molar-refractivity contribution in [2.45, 2.75) is 359 Å². The number of carbonyl (C=O) groups excluding carboxylic acids is 4. The van der Waals surface area contributed by atoms with Gasteiger partial charge in [-0.3, -0.25) is 19.2 Å². The fourth-order valence-corrected chi connectivity index (χ4v) is 17.3. The van der Waals surface area contributed by atoms with Crippen LogP contribution in [0.2, 0.25) is 0 Å². The van der Waals surface area contributed by atoms with Gasteiger partial charge in [0.1, 0.15) is 232 Å². The lowest BCUT2D eigenvalue weighted by molar-refractivity contribution is -0.394. The van der Waals surface area contributed by atoms with E-state index in [-0.39, 0.29) is 0 Å². The van der Waals surface area contributed by atoms with Gasteiger partial charge in [0.25, 0.3) is 11.6 Å². The Balaban J connectivity index is 0.924. The fraction of sp³-hybridized carbons (Fsp3) is 0.919. The molecule has 0 aromatic carbocycles. The molecule has 0 aromatic rings. The van der Waals surface area contributed by atoms with Gasteiger partial charge in [-0.2, -0.15) is 0 Å². The number of carboxylic acids is 2. The number of carbonyl (C=O) groups is 6. The molecule has 0 spiro atoms. The lowest BCUT2D eigenvalue weighted by Gasteiger charge is -2.51. The van der Waals surface area contributed by atoms with Crippen molar-refractivity contribution in [2.75, 3.05) is 66.1 Å². The molecule has 0 radical (unpaired) electrons. The summed E-state index contributed by atoms with van der Waals surface area (Å²) in [4.78, 5) is 77.8. The number of aliphatic hydroxyl groups is 30. The maximum absolute atomic E-state index is 13.4. The molecule has 10 rings (SSSR count). The van der Waals surface area contributed by atoms with Crippen LogP contribution >= 0.6 is 0 Å². The van der Waals surface area contributed by atoms with E-state index in [4.69, 9.17) is 90.0 Å². The van der Waals surface area contributed by atoms with Crippen LogP contribution in [0.25, 0.3) is 0 Å². The lowest BCUT2D eigenvalue weighted by Crippen LogP contribution is -2.71. The molecule has 780 valence electrons. The first-order valence-corrected chi connectivity index (χ1v) is 42.4. The molecular formula is C74H122N4O57. The van der Waals surface area contributed by atoms with Crippen molar-refractivity contribution in [3.63, 3.8) is 0 Å². The van der Waals surface area contributed by atoms with Crippen molar-refractivity contribution >= 4 is 35.6 Å². The zero-order valence-electron chi connectivity index (χ0n) is 71.9. The van der Waals surface area contributed by atoms with Crippen LogP contribution in [0.3, 0.4) is 0 Å². The average molecular weight is 1980 g/mol. The van der Waals surface area contributed by atoms with Crippen LogP contribution < -0.4 is 21.3 Å². The number of ether oxygens (including phenoxy) is 19. The Morgan fingerprint density at radius 2 is 0.585 bits per heavy atom. The number of aliphatic carboxylic acids is 2. The summed E-state index contributed by atoms with van der Waals surface area (Å²) in [6, 6.07) is -7.84. The number of hydrogen-bond donors (Lipinski definition) is 36. The Morgan fingerprint density at radius 1 is 0.304 bits per heavy atom. The van der Waals surface area contributed by atoms with Crippen molar-refractivity contribution in [2.24, 2.45) is 0 Å². The van der Waals surface area contributed by atoms with E-state index in [1.807, 2.05) is 0 Å². The molecule has 0 aliphatic carbocycles. The summed E-state index contributed by atoms with van der Waals surface area (Å²) in [5, 5.41) is 366. The van der Waals surface area contributed by atoms with Crippen LogP contribution in [0.1, 0.15) is 40.5 Å². The maximum Gasteiger partial charge on any atom is 0.364 e. The van der Waals surface area contributed by atoms with Gasteiger partial charge in [-0.05, 0) is 0 Å². The summed E-state index contributed by atoms with van der Waals surface area (Å²) in [5.41, 5.74) is 0. The molecule has 36 N–H and O–H groups in total. The number of rotatable bonds is 38. The topological polar surface area (TPSA) is 973 Å². The van der Waals surface area contributed by atoms with E-state index in [1.165, 1.54) is 0 Å². The van der Waals surface area contributed by atoms with E-state index in [0.29, 0.717) is 0 Å². The average Bonchev–Trinajstić information content (AvgIpc) is 0.758. The van der Waals surface area contributed by atoms with Gasteiger partial charge in [0.15, 0.2) is 50.3 Å². The van der Waals surface area contributed by atoms with Gasteiger partial charge in [0, 0.05) is 40.5 Å². The number of amides is 4. The van der Waals surface area contributed by atoms with Gasteiger partial charge in [0.05, 0.1) is 90.4 Å². The standard InChI is InChI=1S/C74H122N4O57/c1-17(87)75-33-21(91)5-73(71(113)114,132-57(33)37(95)23(93)7-79)134-61-42(100)28(12-84)122-69(52(61)110)128-55-31(15-117-66-48(106)46(104)39(97)25(9-81)120-66)126-65(36(45(55)103)78-20(4)90)131-60-41(99)27(11-83)121-68(51(60)109)127-54-30(14-86)124-67(49(107)47(54)105)118-16-32-56(44(102)35(77-19(3)89)64(125-32)130-59-40(98)26(10-82)119-63(112)50(59)108)129-70-53(111)62(43(101)29(13-85)123-70)135-74(72(115)116)6-22(92)34(76-18(2)88)58(133-74)38(96)24(94)8-80/h21-70,79-86,91-112H,5-16H2,1-4H3,(H,75,87)(H,76,88)(H,77,89)(H,78,90)(H,113,114)(H,115,116). The highest BCUT2D eigenvalue weighted by molar-refractivity contribution is 5.78. The molecule has 61 nitrogen and oxygen atoms in total. The third kappa shape index (κ3) is 24.5. The summed E-state index contributed by atoms with van der Waals surface area (Å²) in [6.45, 7) is -8.64. The third-order valence-electron chi connectivity index (χ3n) is 24.4. The molecule has 10 heterocycles. The predicted molar refractivity (Wildman–Crippen MR) is 410 cm³/mol. The molecule has 0 aromatic heterocycles. The minimum absolute atomic E-state index is 0.840. The minimum atomic E-state index is -3.38. The Labute approximate surface area is 761 Å². The van der Waals surface area contributed by atoms with Gasteiger partial charge in [-0.15, -0.1) is 0 Å². The van der Waals surface area contributed by atoms with E-state index < -0.39 is 432 Å². The molecule has 10 saturated heterocycles. The van der Waals surface area contributed by atoms with Crippen LogP contribution in [0.15, 0.2) is 0 Å². The van der Waals surface area contributed by atoms with Crippen LogP contribution in [0.5, 0.6) is 0 Å². The van der Waals surface area contributed by atoms with E-state index in [9.17, 15) is 192 Å². The smallest absolute Gasteiger partial charge is 0.364 e. The van der Waals surface area contributed by atoms with Crippen LogP contribution in [-0.2, 0) is 119 Å². The first-order valence-electron chi connectivity index (χ1n) is 42.4. The highest BCUT2D eigenvalue weighted by atomic mass is 16.8. The molecular weight excluding hydrogens is 1860 g/mol. The van der Waals surface area contributed by atoms with Crippen LogP contribution in [0.4, 0.5) is 0 Å². The summed E-state index contributed by atoms with van der Waals surface area (Å²) in [5.74, 6) is -15.1. The molecule has 10 fully saturated rings. The second-order valence-electron chi connectivity index (χ2n) is 33.9. The highest BCUT2D eigenvalue weighted by Gasteiger charge is 2.66. The normalized spacial score (nSPS) is 47.0. The summed E-state index contributed by atoms with van der Waals surface area (Å²) in [6.07, 6.45) is -107. The number of nitrogens with one attached hydrogen (secondary N) is 4. The zero-order chi connectivity index (χ0) is 100. The minimum Gasteiger partial charge on any atom is -0.477 e. The molecule has 52 atom stereocenters. The van der Waals surface area contributed by atoms with Gasteiger partial charge in [-0.25, -0.2) is 9.59 Å². The largest absolute Gasteiger partial charge is 0.477 e. The van der Waals surface area contributed by atoms with E-state index in [1.54, 1.807) is 0 Å². The van der Waals surface area contributed by atoms with Crippen molar-refractivity contribution in [3.8, 4) is 0 Å². The van der Waals surface area contributed by atoms with Crippen LogP contribution in [0, 0.1) is 0 Å². The maximum atomic E-state index is 13.4. The summed E-state index contributed by atoms with van der Waals surface area (Å²) in [7, 11) is 0. The zero-order valence-corrected chi connectivity index (χ0v) is 71.9. The van der Waals surface area contributed by atoms with E-state index in [0.717, 1.165) is 27.7 Å². The molecule has 0 bridgehead atoms. The number of carboxylic acid groups (broad SMARTS) is 2. The van der Waals surface area contributed by atoms with E-state index >= 15 is 0 Å². The summed E-state index contributed by atoms with van der Waals surface area (Å²) >= 11 is 0. The molecule has 0 saturated carbocycles. The summed E-state index contributed by atoms with van der Waals surface area (Å²) < 4.78 is 111. The van der Waals surface area contributed by atoms with Crippen LogP contribution in [-0.4, -0.2) is 583 Å². The quantitative estimate of drug-likeness (QED) is 0.0273. The highest BCUT2D eigenvalue weighted by Crippen LogP contribution is 2.44. The monoisotopic (exact) mass is 1980 g/mol. The first kappa shape index (κ1) is 112. The second kappa shape index (κ2) is 47.8. The molecule has 52 unspecified atom stereocenters. The van der Waals surface area contributed by atoms with Gasteiger partial charge in [0.2, 0.25) is 23.6 Å². The molecule has 4 amide bonds. The predicted octanol–water partition coefficient (Wildman–Crippen LogP) is -23.8. The van der Waals surface area contributed by atoms with Crippen molar-refractivity contribution in [1.29, 1.82) is 0 Å². The lowest BCUT2D eigenvalue weighted by atomic mass is 9.88. The first-order chi connectivity index (χ1) is 63.5. The Bertz CT molecular complexity index is 3790. The van der Waals surface area contributed by atoms with Crippen molar-refractivity contribution in [3.05, 3.63) is 0 Å². The molecule has 61 heteroatoms. The third-order valence-corrected chi connectivity index (χ3v) is 24.4. The Hall–Kier alpha value is -5.14. The fourth-order valence-electron chi connectivity index (χ4n) is 17.3.